The fourth-order valence-electron chi connectivity index (χ4n) is 14.1. The molecule has 4 aliphatic carbocycles. The number of rotatable bonds is 32. The van der Waals surface area contributed by atoms with Crippen LogP contribution in [-0.2, 0) is 37.9 Å². The number of aryl methyl sites for hydroxylation is 1. The smallest absolute Gasteiger partial charge is 0.309 e. The topological polar surface area (TPSA) is 93.1 Å². The van der Waals surface area contributed by atoms with Crippen LogP contribution in [0, 0.1) is 57.2 Å². The Morgan fingerprint density at radius 3 is 1.76 bits per heavy atom. The molecule has 9 atom stereocenters. The number of aliphatic carboxylic acids is 2. The van der Waals surface area contributed by atoms with Crippen molar-refractivity contribution in [2.75, 3.05) is 6.61 Å². The van der Waals surface area contributed by atoms with E-state index < -0.39 is 22.8 Å². The van der Waals surface area contributed by atoms with Gasteiger partial charge in [-0.05, 0) is 174 Å². The highest BCUT2D eigenvalue weighted by molar-refractivity contribution is 7.26. The Labute approximate surface area is 413 Å². The van der Waals surface area contributed by atoms with Gasteiger partial charge in [-0.15, -0.1) is 0 Å². The molecule has 1 aromatic rings. The summed E-state index contributed by atoms with van der Waals surface area (Å²) < 4.78 is 12.5. The second-order valence-corrected chi connectivity index (χ2v) is 25.8. The molecule has 7 heteroatoms. The quantitative estimate of drug-likeness (QED) is 0.0425. The van der Waals surface area contributed by atoms with Gasteiger partial charge in [0.25, 0.3) is 0 Å². The number of carbonyl (C=O) groups is 2. The Balaban J connectivity index is 0.839. The average Bonchev–Trinajstić information content (AvgIpc) is 3.62. The molecule has 0 saturated heterocycles. The molecule has 0 spiro atoms. The predicted octanol–water partition coefficient (Wildman–Crippen LogP) is 17.3. The van der Waals surface area contributed by atoms with Crippen LogP contribution in [0.4, 0.5) is 0 Å². The fraction of sp³-hybridized carbons (Fsp3) is 0.833. The molecule has 0 heterocycles. The number of benzene rings is 1. The molecule has 3 fully saturated rings. The van der Waals surface area contributed by atoms with Crippen molar-refractivity contribution in [1.29, 1.82) is 0 Å². The van der Waals surface area contributed by atoms with Gasteiger partial charge in [0.1, 0.15) is 0 Å². The third-order valence-corrected chi connectivity index (χ3v) is 19.1. The van der Waals surface area contributed by atoms with E-state index in [9.17, 15) is 19.8 Å². The molecule has 0 bridgehead atoms. The number of allylic oxidation sites excluding steroid dienone is 1. The fourth-order valence-corrected chi connectivity index (χ4v) is 14.7. The van der Waals surface area contributed by atoms with Crippen LogP contribution in [0.3, 0.4) is 0 Å². The van der Waals surface area contributed by atoms with Crippen molar-refractivity contribution >= 4 is 21.0 Å². The van der Waals surface area contributed by atoms with Crippen molar-refractivity contribution in [3.63, 3.8) is 0 Å². The van der Waals surface area contributed by atoms with Gasteiger partial charge in [0.2, 0.25) is 0 Å². The van der Waals surface area contributed by atoms with Gasteiger partial charge in [-0.3, -0.25) is 9.59 Å². The van der Waals surface area contributed by atoms with Gasteiger partial charge in [-0.25, -0.2) is 0 Å². The first-order valence-electron chi connectivity index (χ1n) is 28.2. The molecule has 4 aliphatic rings. The predicted molar refractivity (Wildman–Crippen MR) is 282 cm³/mol. The number of carboxylic acid groups (broad SMARTS) is 2. The number of carboxylic acids is 2. The van der Waals surface area contributed by atoms with Crippen molar-refractivity contribution < 1.29 is 28.8 Å². The first-order chi connectivity index (χ1) is 31.9. The van der Waals surface area contributed by atoms with Gasteiger partial charge < -0.3 is 19.3 Å². The van der Waals surface area contributed by atoms with E-state index in [0.717, 1.165) is 78.9 Å². The van der Waals surface area contributed by atoms with Crippen LogP contribution in [0.15, 0.2) is 29.8 Å². The summed E-state index contributed by atoms with van der Waals surface area (Å²) in [5.41, 5.74) is 4.11. The maximum Gasteiger partial charge on any atom is 0.309 e. The second kappa shape index (κ2) is 26.6. The summed E-state index contributed by atoms with van der Waals surface area (Å²) in [6, 6.07) is 6.30. The second-order valence-electron chi connectivity index (χ2n) is 25.1. The molecule has 0 aromatic heterocycles. The lowest BCUT2D eigenvalue weighted by atomic mass is 9.47. The van der Waals surface area contributed by atoms with E-state index in [1.165, 1.54) is 153 Å². The number of hydrogen-bond acceptors (Lipinski definition) is 4. The van der Waals surface area contributed by atoms with Crippen LogP contribution in [0.1, 0.15) is 246 Å². The summed E-state index contributed by atoms with van der Waals surface area (Å²) in [6.45, 7) is 20.6. The number of fused-ring (bicyclic) bond motifs is 5. The first-order valence-corrected chi connectivity index (χ1v) is 29.0. The zero-order valence-electron chi connectivity index (χ0n) is 44.6. The molecule has 6 unspecified atom stereocenters. The summed E-state index contributed by atoms with van der Waals surface area (Å²) in [4.78, 5) is 23.6. The Bertz CT molecular complexity index is 1650. The van der Waals surface area contributed by atoms with E-state index in [1.54, 1.807) is 33.3 Å². The largest absolute Gasteiger partial charge is 0.481 e. The summed E-state index contributed by atoms with van der Waals surface area (Å²) in [5.74, 6) is 3.73. The van der Waals surface area contributed by atoms with E-state index >= 15 is 0 Å². The van der Waals surface area contributed by atoms with Gasteiger partial charge in [0.05, 0.1) is 23.5 Å². The molecule has 0 aliphatic heterocycles. The Hall–Kier alpha value is -1.75. The molecule has 2 N–H and O–H groups in total. The van der Waals surface area contributed by atoms with Gasteiger partial charge in [-0.2, -0.15) is 0 Å². The van der Waals surface area contributed by atoms with Gasteiger partial charge in [0, 0.05) is 0 Å². The van der Waals surface area contributed by atoms with Crippen LogP contribution in [0.5, 0.6) is 0 Å². The van der Waals surface area contributed by atoms with Crippen LogP contribution in [-0.4, -0.2) is 34.9 Å². The van der Waals surface area contributed by atoms with Crippen LogP contribution in [0.2, 0.25) is 0 Å². The normalized spacial score (nSPS) is 27.0. The van der Waals surface area contributed by atoms with Crippen molar-refractivity contribution in [3.05, 3.63) is 46.5 Å². The molecule has 5 rings (SSSR count). The first kappa shape index (κ1) is 56.2. The van der Waals surface area contributed by atoms with E-state index in [0.29, 0.717) is 29.8 Å². The lowest BCUT2D eigenvalue weighted by molar-refractivity contribution is -0.147. The third kappa shape index (κ3) is 16.4. The van der Waals surface area contributed by atoms with Gasteiger partial charge in [0.15, 0.2) is 9.03 Å². The Kier molecular flexibility index (Phi) is 22.3. The highest BCUT2D eigenvalue weighted by atomic mass is 31.1. The molecular weight excluding hydrogens is 848 g/mol. The van der Waals surface area contributed by atoms with Crippen molar-refractivity contribution in [1.82, 2.24) is 0 Å². The minimum Gasteiger partial charge on any atom is -0.481 e. The molecule has 0 amide bonds. The highest BCUT2D eigenvalue weighted by Crippen LogP contribution is 2.67. The minimum atomic E-state index is -0.869. The van der Waals surface area contributed by atoms with Crippen LogP contribution in [0.25, 0.3) is 0 Å². The molecule has 1 aromatic carbocycles. The lowest BCUT2D eigenvalue weighted by Gasteiger charge is -2.58. The molecule has 382 valence electrons. The van der Waals surface area contributed by atoms with Crippen molar-refractivity contribution in [2.24, 2.45) is 57.2 Å². The number of hydrogen-bond donors (Lipinski definition) is 2. The van der Waals surface area contributed by atoms with Crippen LogP contribution >= 0.6 is 9.03 Å². The molecular formula is C60H101O6P. The minimum absolute atomic E-state index is 0.189. The lowest BCUT2D eigenvalue weighted by Crippen LogP contribution is -2.50. The van der Waals surface area contributed by atoms with E-state index in [4.69, 9.17) is 9.05 Å². The molecule has 67 heavy (non-hydrogen) atoms. The molecule has 3 saturated carbocycles. The Morgan fingerprint density at radius 1 is 0.672 bits per heavy atom. The monoisotopic (exact) mass is 949 g/mol. The van der Waals surface area contributed by atoms with E-state index in [1.807, 2.05) is 6.07 Å². The van der Waals surface area contributed by atoms with Gasteiger partial charge in [-0.1, -0.05) is 167 Å². The van der Waals surface area contributed by atoms with Crippen LogP contribution < -0.4 is 0 Å². The zero-order chi connectivity index (χ0) is 48.7. The summed E-state index contributed by atoms with van der Waals surface area (Å²) in [6.07, 6.45) is 39.3. The zero-order valence-corrected chi connectivity index (χ0v) is 45.6. The Morgan fingerprint density at radius 2 is 1.21 bits per heavy atom. The summed E-state index contributed by atoms with van der Waals surface area (Å²) >= 11 is 0. The third-order valence-electron chi connectivity index (χ3n) is 18.3. The number of unbranched alkanes of at least 4 members (excludes halogenated alkanes) is 14. The average molecular weight is 949 g/mol. The van der Waals surface area contributed by atoms with Crippen molar-refractivity contribution in [2.45, 2.75) is 255 Å². The molecule has 0 radical (unpaired) electrons. The highest BCUT2D eigenvalue weighted by Gasteiger charge is 2.59. The summed E-state index contributed by atoms with van der Waals surface area (Å²) in [5, 5.41) is 19.4. The van der Waals surface area contributed by atoms with Gasteiger partial charge >= 0.3 is 11.9 Å². The maximum atomic E-state index is 11.8. The summed E-state index contributed by atoms with van der Waals surface area (Å²) in [7, 11) is 0.189. The SMILES string of the molecule is CC(C)CCCC(C)C1CCC2C3CC=C4C[C@@H](OPOCCCCCCCCCCCCCCCCCc5cc(CC(C)(C)C(=O)O)cc(CC(C)(C)C(=O)O)c5)CC[C@]4(C)C3CC[C@]12C. The molecule has 6 nitrogen and oxygen atoms in total. The van der Waals surface area contributed by atoms with Crippen molar-refractivity contribution in [3.8, 4) is 0 Å². The van der Waals surface area contributed by atoms with E-state index in [2.05, 4.69) is 52.8 Å². The standard InChI is InChI=1S/C60H101O6P/c1-44(2)26-25-27-45(3)52-31-32-53-51-30-29-49-41-50(33-35-59(49,8)54(51)34-36-60(52,53)9)66-67-65-37-24-22-20-18-16-14-12-10-11-13-15-17-19-21-23-28-46-38-47(42-57(4,5)55(61)62)40-48(39-46)43-58(6,7)56(63)64/h29,38-40,44-45,50-54,67H,10-28,30-37,41-43H2,1-9H3,(H,61,62)(H,63,64)/t45?,50-,51?,52?,53?,54?,59-,60+/m0/s1. The van der Waals surface area contributed by atoms with E-state index in [-0.39, 0.29) is 9.03 Å². The maximum absolute atomic E-state index is 11.8.